The molecule has 0 spiro atoms. The molecule has 0 aromatic heterocycles. The number of amides is 1. The van der Waals surface area contributed by atoms with E-state index in [0.717, 1.165) is 5.30 Å². The number of nitrogens with one attached hydrogen (secondary N) is 1. The van der Waals surface area contributed by atoms with Crippen LogP contribution in [0.25, 0.3) is 0 Å². The molecule has 3 heteroatoms. The van der Waals surface area contributed by atoms with Crippen LogP contribution < -0.4 is 21.2 Å². The first-order valence-corrected chi connectivity index (χ1v) is 9.36. The number of carbonyl (C=O) groups excluding carboxylic acids is 1. The fraction of sp³-hybridized carbons (Fsp3) is 0.0455. The van der Waals surface area contributed by atoms with Gasteiger partial charge >= 0.3 is 0 Å². The first kappa shape index (κ1) is 17.0. The predicted molar refractivity (Wildman–Crippen MR) is 106 cm³/mol. The number of hydrogen-bond donors (Lipinski definition) is 1. The van der Waals surface area contributed by atoms with Gasteiger partial charge in [0.25, 0.3) is 5.91 Å². The van der Waals surface area contributed by atoms with Crippen molar-refractivity contribution in [3.63, 3.8) is 0 Å². The van der Waals surface area contributed by atoms with Gasteiger partial charge in [0.05, 0.1) is 6.54 Å². The van der Waals surface area contributed by atoms with Crippen molar-refractivity contribution in [1.82, 2.24) is 5.32 Å². The van der Waals surface area contributed by atoms with Crippen LogP contribution in [0.3, 0.4) is 0 Å². The van der Waals surface area contributed by atoms with Crippen LogP contribution in [0, 0.1) is 12.3 Å². The second-order valence-corrected chi connectivity index (χ2v) is 7.60. The highest BCUT2D eigenvalue weighted by Gasteiger charge is 2.21. The van der Waals surface area contributed by atoms with Gasteiger partial charge < -0.3 is 5.32 Å². The molecule has 1 N–H and O–H groups in total. The standard InChI is InChI=1S/C22H18NOP/c1-2-17-23-22(24)20-15-9-10-16-21(20)25(18-11-5-3-6-12-18)19-13-7-4-8-14-19/h1,3-16H,17H2,(H,23,24). The van der Waals surface area contributed by atoms with Gasteiger partial charge in [-0.05, 0) is 29.9 Å². The van der Waals surface area contributed by atoms with Gasteiger partial charge in [0, 0.05) is 5.56 Å². The fourth-order valence-corrected chi connectivity index (χ4v) is 5.12. The lowest BCUT2D eigenvalue weighted by Crippen LogP contribution is -2.31. The summed E-state index contributed by atoms with van der Waals surface area (Å²) in [5.41, 5.74) is 0.677. The summed E-state index contributed by atoms with van der Waals surface area (Å²) in [5.74, 6) is 2.32. The molecule has 0 heterocycles. The average molecular weight is 343 g/mol. The van der Waals surface area contributed by atoms with Crippen LogP contribution >= 0.6 is 7.92 Å². The summed E-state index contributed by atoms with van der Waals surface area (Å²) >= 11 is 0. The lowest BCUT2D eigenvalue weighted by atomic mass is 10.2. The molecular formula is C22H18NOP. The van der Waals surface area contributed by atoms with E-state index in [1.165, 1.54) is 10.6 Å². The Labute approximate surface area is 149 Å². The zero-order valence-electron chi connectivity index (χ0n) is 13.7. The van der Waals surface area contributed by atoms with Crippen molar-refractivity contribution in [2.75, 3.05) is 6.54 Å². The van der Waals surface area contributed by atoms with Gasteiger partial charge in [0.1, 0.15) is 0 Å². The molecule has 122 valence electrons. The topological polar surface area (TPSA) is 29.1 Å². The summed E-state index contributed by atoms with van der Waals surface area (Å²) in [7, 11) is -0.827. The monoisotopic (exact) mass is 343 g/mol. The van der Waals surface area contributed by atoms with Crippen LogP contribution in [0.15, 0.2) is 84.9 Å². The van der Waals surface area contributed by atoms with Crippen molar-refractivity contribution in [2.24, 2.45) is 0 Å². The van der Waals surface area contributed by atoms with Crippen molar-refractivity contribution in [2.45, 2.75) is 0 Å². The van der Waals surface area contributed by atoms with E-state index >= 15 is 0 Å². The SMILES string of the molecule is C#CCNC(=O)c1ccccc1P(c1ccccc1)c1ccccc1. The van der Waals surface area contributed by atoms with E-state index < -0.39 is 7.92 Å². The molecule has 0 atom stereocenters. The van der Waals surface area contributed by atoms with Crippen molar-refractivity contribution < 1.29 is 4.79 Å². The van der Waals surface area contributed by atoms with E-state index in [2.05, 4.69) is 35.5 Å². The van der Waals surface area contributed by atoms with E-state index in [9.17, 15) is 4.79 Å². The third-order valence-electron chi connectivity index (χ3n) is 3.77. The van der Waals surface area contributed by atoms with Crippen LogP contribution in [-0.4, -0.2) is 12.5 Å². The summed E-state index contributed by atoms with van der Waals surface area (Å²) in [4.78, 5) is 12.6. The summed E-state index contributed by atoms with van der Waals surface area (Å²) < 4.78 is 0. The minimum atomic E-state index is -0.827. The Balaban J connectivity index is 2.12. The average Bonchev–Trinajstić information content (AvgIpc) is 2.68. The molecule has 0 bridgehead atoms. The van der Waals surface area contributed by atoms with Crippen molar-refractivity contribution in [3.8, 4) is 12.3 Å². The molecule has 25 heavy (non-hydrogen) atoms. The van der Waals surface area contributed by atoms with Gasteiger partial charge in [0.2, 0.25) is 0 Å². The molecular weight excluding hydrogens is 325 g/mol. The van der Waals surface area contributed by atoms with Gasteiger partial charge in [-0.1, -0.05) is 84.8 Å². The molecule has 0 aliphatic carbocycles. The summed E-state index contributed by atoms with van der Waals surface area (Å²) in [6, 6.07) is 28.4. The van der Waals surface area contributed by atoms with Crippen LogP contribution in [0.5, 0.6) is 0 Å². The van der Waals surface area contributed by atoms with Gasteiger partial charge in [-0.3, -0.25) is 4.79 Å². The molecule has 3 rings (SSSR count). The Morgan fingerprint density at radius 2 is 1.36 bits per heavy atom. The van der Waals surface area contributed by atoms with Crippen molar-refractivity contribution >= 4 is 29.7 Å². The molecule has 1 amide bonds. The van der Waals surface area contributed by atoms with E-state index in [1.54, 1.807) is 0 Å². The molecule has 3 aromatic rings. The van der Waals surface area contributed by atoms with Crippen molar-refractivity contribution in [3.05, 3.63) is 90.5 Å². The van der Waals surface area contributed by atoms with Crippen LogP contribution in [0.4, 0.5) is 0 Å². The molecule has 3 aromatic carbocycles. The Morgan fingerprint density at radius 3 is 1.92 bits per heavy atom. The first-order valence-electron chi connectivity index (χ1n) is 8.02. The van der Waals surface area contributed by atoms with E-state index in [4.69, 9.17) is 6.42 Å². The second kappa shape index (κ2) is 8.29. The Bertz CT molecular complexity index is 845. The highest BCUT2D eigenvalue weighted by Crippen LogP contribution is 2.33. The van der Waals surface area contributed by atoms with Crippen molar-refractivity contribution in [1.29, 1.82) is 0 Å². The van der Waals surface area contributed by atoms with Gasteiger partial charge in [-0.2, -0.15) is 0 Å². The minimum Gasteiger partial charge on any atom is -0.341 e. The van der Waals surface area contributed by atoms with E-state index in [0.29, 0.717) is 5.56 Å². The van der Waals surface area contributed by atoms with Gasteiger partial charge in [-0.25, -0.2) is 0 Å². The Kier molecular flexibility index (Phi) is 5.62. The predicted octanol–water partition coefficient (Wildman–Crippen LogP) is 2.81. The lowest BCUT2D eigenvalue weighted by Gasteiger charge is -2.21. The van der Waals surface area contributed by atoms with Crippen LogP contribution in [-0.2, 0) is 0 Å². The number of terminal acetylenes is 1. The fourth-order valence-electron chi connectivity index (χ4n) is 2.67. The molecule has 0 saturated heterocycles. The molecule has 0 aliphatic rings. The highest BCUT2D eigenvalue weighted by atomic mass is 31.1. The first-order chi connectivity index (χ1) is 12.3. The Hall–Kier alpha value is -2.88. The second-order valence-electron chi connectivity index (χ2n) is 5.41. The highest BCUT2D eigenvalue weighted by molar-refractivity contribution is 7.80. The largest absolute Gasteiger partial charge is 0.341 e. The van der Waals surface area contributed by atoms with Gasteiger partial charge in [-0.15, -0.1) is 6.42 Å². The number of rotatable bonds is 5. The third kappa shape index (κ3) is 3.97. The smallest absolute Gasteiger partial charge is 0.252 e. The molecule has 0 aliphatic heterocycles. The molecule has 2 nitrogen and oxygen atoms in total. The van der Waals surface area contributed by atoms with Crippen LogP contribution in [0.2, 0.25) is 0 Å². The lowest BCUT2D eigenvalue weighted by molar-refractivity contribution is 0.0960. The maximum absolute atomic E-state index is 12.6. The summed E-state index contributed by atoms with van der Waals surface area (Å²) in [5, 5.41) is 6.23. The maximum Gasteiger partial charge on any atom is 0.252 e. The van der Waals surface area contributed by atoms with Gasteiger partial charge in [0.15, 0.2) is 0 Å². The number of carbonyl (C=O) groups is 1. The third-order valence-corrected chi connectivity index (χ3v) is 6.27. The quantitative estimate of drug-likeness (QED) is 0.560. The molecule has 0 fully saturated rings. The zero-order valence-corrected chi connectivity index (χ0v) is 14.6. The zero-order chi connectivity index (χ0) is 17.5. The summed E-state index contributed by atoms with van der Waals surface area (Å²) in [6.07, 6.45) is 5.27. The molecule has 0 unspecified atom stereocenters. The van der Waals surface area contributed by atoms with E-state index in [-0.39, 0.29) is 12.5 Å². The maximum atomic E-state index is 12.6. The molecule has 0 radical (unpaired) electrons. The number of benzene rings is 3. The van der Waals surface area contributed by atoms with Crippen LogP contribution in [0.1, 0.15) is 10.4 Å². The summed E-state index contributed by atoms with van der Waals surface area (Å²) in [6.45, 7) is 0.224. The Morgan fingerprint density at radius 1 is 0.840 bits per heavy atom. The molecule has 0 saturated carbocycles. The van der Waals surface area contributed by atoms with E-state index in [1.807, 2.05) is 60.7 Å². The minimum absolute atomic E-state index is 0.132. The normalized spacial score (nSPS) is 10.2. The number of hydrogen-bond acceptors (Lipinski definition) is 1.